The van der Waals surface area contributed by atoms with Crippen LogP contribution in [0, 0.1) is 5.82 Å². The molecule has 0 aromatic heterocycles. The predicted molar refractivity (Wildman–Crippen MR) is 75.8 cm³/mol. The summed E-state index contributed by atoms with van der Waals surface area (Å²) in [5.41, 5.74) is 2.16. The fourth-order valence-corrected chi connectivity index (χ4v) is 2.36. The zero-order valence-electron chi connectivity index (χ0n) is 10.2. The Kier molecular flexibility index (Phi) is 4.50. The molecule has 1 atom stereocenters. The molecule has 0 spiro atoms. The number of halogens is 2. The van der Waals surface area contributed by atoms with E-state index in [1.807, 2.05) is 24.3 Å². The Bertz CT molecular complexity index is 493. The highest BCUT2D eigenvalue weighted by atomic mass is 79.9. The lowest BCUT2D eigenvalue weighted by atomic mass is 10.1. The first kappa shape index (κ1) is 13.2. The number of hydrogen-bond acceptors (Lipinski definition) is 1. The van der Waals surface area contributed by atoms with Crippen LogP contribution >= 0.6 is 15.9 Å². The standard InChI is InChI=1S/C15H15BrFN/c1-11(13-5-3-2-4-6-13)18-10-12-7-14(16)9-15(17)8-12/h2-9,11,18H,10H2,1H3/t11-/m0/s1. The molecule has 0 amide bonds. The summed E-state index contributed by atoms with van der Waals surface area (Å²) >= 11 is 3.30. The normalized spacial score (nSPS) is 12.4. The maximum Gasteiger partial charge on any atom is 0.124 e. The van der Waals surface area contributed by atoms with Gasteiger partial charge in [0, 0.05) is 17.1 Å². The first-order valence-electron chi connectivity index (χ1n) is 5.88. The zero-order valence-corrected chi connectivity index (χ0v) is 11.7. The molecule has 1 N–H and O–H groups in total. The van der Waals surface area contributed by atoms with Crippen molar-refractivity contribution in [1.82, 2.24) is 5.32 Å². The SMILES string of the molecule is C[C@H](NCc1cc(F)cc(Br)c1)c1ccccc1. The van der Waals surface area contributed by atoms with Gasteiger partial charge in [-0.25, -0.2) is 4.39 Å². The second-order valence-corrected chi connectivity index (χ2v) is 5.21. The highest BCUT2D eigenvalue weighted by Crippen LogP contribution is 2.16. The molecule has 1 nitrogen and oxygen atoms in total. The van der Waals surface area contributed by atoms with Gasteiger partial charge in [0.2, 0.25) is 0 Å². The van der Waals surface area contributed by atoms with E-state index in [2.05, 4.69) is 40.3 Å². The van der Waals surface area contributed by atoms with Crippen molar-refractivity contribution in [3.8, 4) is 0 Å². The van der Waals surface area contributed by atoms with E-state index in [1.54, 1.807) is 6.07 Å². The Hall–Kier alpha value is -1.19. The molecule has 0 aliphatic carbocycles. The van der Waals surface area contributed by atoms with Crippen molar-refractivity contribution in [2.24, 2.45) is 0 Å². The largest absolute Gasteiger partial charge is 0.306 e. The van der Waals surface area contributed by atoms with Gasteiger partial charge >= 0.3 is 0 Å². The number of rotatable bonds is 4. The Labute approximate surface area is 115 Å². The van der Waals surface area contributed by atoms with E-state index in [-0.39, 0.29) is 11.9 Å². The average Bonchev–Trinajstić information content (AvgIpc) is 2.36. The Balaban J connectivity index is 1.99. The predicted octanol–water partition coefficient (Wildman–Crippen LogP) is 4.44. The van der Waals surface area contributed by atoms with E-state index < -0.39 is 0 Å². The van der Waals surface area contributed by atoms with Gasteiger partial charge in [-0.1, -0.05) is 46.3 Å². The summed E-state index contributed by atoms with van der Waals surface area (Å²) in [7, 11) is 0. The van der Waals surface area contributed by atoms with Crippen LogP contribution in [0.1, 0.15) is 24.1 Å². The van der Waals surface area contributed by atoms with Gasteiger partial charge in [0.25, 0.3) is 0 Å². The van der Waals surface area contributed by atoms with Crippen LogP contribution in [-0.4, -0.2) is 0 Å². The Morgan fingerprint density at radius 3 is 2.56 bits per heavy atom. The molecule has 2 aromatic rings. The molecule has 0 aliphatic rings. The average molecular weight is 308 g/mol. The molecular weight excluding hydrogens is 293 g/mol. The smallest absolute Gasteiger partial charge is 0.124 e. The molecule has 2 rings (SSSR count). The Morgan fingerprint density at radius 2 is 1.89 bits per heavy atom. The summed E-state index contributed by atoms with van der Waals surface area (Å²) in [6.07, 6.45) is 0. The van der Waals surface area contributed by atoms with Gasteiger partial charge in [-0.3, -0.25) is 0 Å². The van der Waals surface area contributed by atoms with Gasteiger partial charge in [-0.15, -0.1) is 0 Å². The van der Waals surface area contributed by atoms with E-state index in [4.69, 9.17) is 0 Å². The third-order valence-electron chi connectivity index (χ3n) is 2.83. The van der Waals surface area contributed by atoms with E-state index >= 15 is 0 Å². The molecule has 0 bridgehead atoms. The topological polar surface area (TPSA) is 12.0 Å². The zero-order chi connectivity index (χ0) is 13.0. The van der Waals surface area contributed by atoms with Crippen LogP contribution in [0.5, 0.6) is 0 Å². The lowest BCUT2D eigenvalue weighted by Gasteiger charge is -2.14. The van der Waals surface area contributed by atoms with Gasteiger partial charge in [0.1, 0.15) is 5.82 Å². The summed E-state index contributed by atoms with van der Waals surface area (Å²) in [6.45, 7) is 2.75. The number of benzene rings is 2. The third kappa shape index (κ3) is 3.65. The minimum Gasteiger partial charge on any atom is -0.306 e. The maximum absolute atomic E-state index is 13.2. The molecule has 18 heavy (non-hydrogen) atoms. The van der Waals surface area contributed by atoms with Crippen molar-refractivity contribution in [3.05, 3.63) is 69.9 Å². The molecule has 0 aliphatic heterocycles. The van der Waals surface area contributed by atoms with Crippen molar-refractivity contribution in [1.29, 1.82) is 0 Å². The fourth-order valence-electron chi connectivity index (χ4n) is 1.84. The first-order chi connectivity index (χ1) is 8.65. The number of nitrogens with one attached hydrogen (secondary N) is 1. The van der Waals surface area contributed by atoms with E-state index in [0.717, 1.165) is 10.0 Å². The molecule has 3 heteroatoms. The van der Waals surface area contributed by atoms with Crippen molar-refractivity contribution in [2.45, 2.75) is 19.5 Å². The molecule has 94 valence electrons. The monoisotopic (exact) mass is 307 g/mol. The van der Waals surface area contributed by atoms with Crippen molar-refractivity contribution in [3.63, 3.8) is 0 Å². The van der Waals surface area contributed by atoms with Crippen molar-refractivity contribution >= 4 is 15.9 Å². The summed E-state index contributed by atoms with van der Waals surface area (Å²) in [5, 5.41) is 3.38. The van der Waals surface area contributed by atoms with Crippen LogP contribution in [0.2, 0.25) is 0 Å². The molecule has 2 aromatic carbocycles. The first-order valence-corrected chi connectivity index (χ1v) is 6.68. The van der Waals surface area contributed by atoms with Gasteiger partial charge in [0.05, 0.1) is 0 Å². The van der Waals surface area contributed by atoms with E-state index in [1.165, 1.54) is 11.6 Å². The molecule has 0 saturated carbocycles. The van der Waals surface area contributed by atoms with Crippen LogP contribution in [0.4, 0.5) is 4.39 Å². The van der Waals surface area contributed by atoms with Crippen LogP contribution in [0.3, 0.4) is 0 Å². The Morgan fingerprint density at radius 1 is 1.17 bits per heavy atom. The van der Waals surface area contributed by atoms with Gasteiger partial charge in [-0.2, -0.15) is 0 Å². The molecule has 0 fully saturated rings. The quantitative estimate of drug-likeness (QED) is 0.880. The molecule has 0 saturated heterocycles. The highest BCUT2D eigenvalue weighted by molar-refractivity contribution is 9.10. The highest BCUT2D eigenvalue weighted by Gasteiger charge is 2.05. The molecule has 0 unspecified atom stereocenters. The van der Waals surface area contributed by atoms with E-state index in [9.17, 15) is 4.39 Å². The lowest BCUT2D eigenvalue weighted by Crippen LogP contribution is -2.18. The maximum atomic E-state index is 13.2. The second-order valence-electron chi connectivity index (χ2n) is 4.29. The van der Waals surface area contributed by atoms with Crippen LogP contribution in [-0.2, 0) is 6.54 Å². The minimum atomic E-state index is -0.214. The fraction of sp³-hybridized carbons (Fsp3) is 0.200. The summed E-state index contributed by atoms with van der Waals surface area (Å²) in [4.78, 5) is 0. The molecule has 0 heterocycles. The summed E-state index contributed by atoms with van der Waals surface area (Å²) < 4.78 is 14.0. The lowest BCUT2D eigenvalue weighted by molar-refractivity contribution is 0.569. The van der Waals surface area contributed by atoms with Gasteiger partial charge in [-0.05, 0) is 36.2 Å². The van der Waals surface area contributed by atoms with E-state index in [0.29, 0.717) is 6.54 Å². The molecule has 0 radical (unpaired) electrons. The van der Waals surface area contributed by atoms with Crippen LogP contribution < -0.4 is 5.32 Å². The van der Waals surface area contributed by atoms with Crippen LogP contribution in [0.25, 0.3) is 0 Å². The van der Waals surface area contributed by atoms with Gasteiger partial charge < -0.3 is 5.32 Å². The number of hydrogen-bond donors (Lipinski definition) is 1. The minimum absolute atomic E-state index is 0.214. The third-order valence-corrected chi connectivity index (χ3v) is 3.29. The van der Waals surface area contributed by atoms with Crippen LogP contribution in [0.15, 0.2) is 53.0 Å². The van der Waals surface area contributed by atoms with Gasteiger partial charge in [0.15, 0.2) is 0 Å². The van der Waals surface area contributed by atoms with Crippen molar-refractivity contribution in [2.75, 3.05) is 0 Å². The second kappa shape index (κ2) is 6.12. The van der Waals surface area contributed by atoms with Crippen molar-refractivity contribution < 1.29 is 4.39 Å². The summed E-state index contributed by atoms with van der Waals surface area (Å²) in [5.74, 6) is -0.214. The summed E-state index contributed by atoms with van der Waals surface area (Å²) in [6, 6.07) is 15.4. The molecular formula is C15H15BrFN.